The first-order valence-corrected chi connectivity index (χ1v) is 18.3. The molecule has 3 heterocycles. The lowest BCUT2D eigenvalue weighted by Crippen LogP contribution is -1.98. The minimum atomic E-state index is 0.591. The highest BCUT2D eigenvalue weighted by atomic mass is 15.0. The SMILES string of the molecule is N#Cc1cc(-n2c3ccccc3c3ccc(-n4c5ccccc5c5ccccc54)cc32)ccc1-c1cccc(-n2c3ccccc3c3c(C#N)cccc32)c1. The average molecular weight is 700 g/mol. The summed E-state index contributed by atoms with van der Waals surface area (Å²) in [6.07, 6.45) is 0. The second kappa shape index (κ2) is 11.8. The van der Waals surface area contributed by atoms with Crippen LogP contribution >= 0.6 is 0 Å². The largest absolute Gasteiger partial charge is 0.309 e. The number of nitriles is 2. The lowest BCUT2D eigenvalue weighted by Gasteiger charge is -2.14. The van der Waals surface area contributed by atoms with Crippen molar-refractivity contribution < 1.29 is 0 Å². The van der Waals surface area contributed by atoms with Crippen LogP contribution in [0.4, 0.5) is 0 Å². The number of hydrogen-bond acceptors (Lipinski definition) is 2. The van der Waals surface area contributed by atoms with Gasteiger partial charge in [-0.3, -0.25) is 0 Å². The Morgan fingerprint density at radius 1 is 0.327 bits per heavy atom. The van der Waals surface area contributed by atoms with E-state index in [2.05, 4.69) is 165 Å². The summed E-state index contributed by atoms with van der Waals surface area (Å²) < 4.78 is 6.84. The van der Waals surface area contributed by atoms with E-state index >= 15 is 0 Å². The maximum atomic E-state index is 10.7. The number of para-hydroxylation sites is 4. The molecule has 0 aliphatic rings. The molecule has 0 N–H and O–H groups in total. The third-order valence-corrected chi connectivity index (χ3v) is 11.1. The van der Waals surface area contributed by atoms with Gasteiger partial charge in [0.25, 0.3) is 0 Å². The Kier molecular flexibility index (Phi) is 6.61. The van der Waals surface area contributed by atoms with E-state index in [0.717, 1.165) is 82.8 Å². The Morgan fingerprint density at radius 3 is 1.45 bits per heavy atom. The molecule has 8 aromatic carbocycles. The van der Waals surface area contributed by atoms with E-state index in [0.29, 0.717) is 11.1 Å². The summed E-state index contributed by atoms with van der Waals surface area (Å²) >= 11 is 0. The molecule has 11 rings (SSSR count). The molecule has 0 atom stereocenters. The second-order valence-corrected chi connectivity index (χ2v) is 14.0. The van der Waals surface area contributed by atoms with Gasteiger partial charge in [0.05, 0.1) is 56.4 Å². The fourth-order valence-corrected chi connectivity index (χ4v) is 8.80. The lowest BCUT2D eigenvalue weighted by atomic mass is 9.99. The van der Waals surface area contributed by atoms with Crippen LogP contribution in [0, 0.1) is 22.7 Å². The topological polar surface area (TPSA) is 62.4 Å². The molecule has 0 fully saturated rings. The Morgan fingerprint density at radius 2 is 0.800 bits per heavy atom. The van der Waals surface area contributed by atoms with Crippen LogP contribution in [0.1, 0.15) is 11.1 Å². The van der Waals surface area contributed by atoms with Crippen LogP contribution in [0.2, 0.25) is 0 Å². The fraction of sp³-hybridized carbons (Fsp3) is 0. The molecule has 0 saturated carbocycles. The van der Waals surface area contributed by atoms with Gasteiger partial charge in [-0.05, 0) is 83.9 Å². The highest BCUT2D eigenvalue weighted by molar-refractivity contribution is 6.13. The number of hydrogen-bond donors (Lipinski definition) is 0. The monoisotopic (exact) mass is 699 g/mol. The summed E-state index contributed by atoms with van der Waals surface area (Å²) in [6.45, 7) is 0. The molecule has 0 saturated heterocycles. The molecule has 55 heavy (non-hydrogen) atoms. The molecular formula is C50H29N5. The first-order chi connectivity index (χ1) is 27.2. The minimum Gasteiger partial charge on any atom is -0.309 e. The van der Waals surface area contributed by atoms with Crippen molar-refractivity contribution in [1.82, 2.24) is 13.7 Å². The lowest BCUT2D eigenvalue weighted by molar-refractivity contribution is 1.15. The molecule has 254 valence electrons. The van der Waals surface area contributed by atoms with Crippen molar-refractivity contribution in [3.63, 3.8) is 0 Å². The highest BCUT2D eigenvalue weighted by Crippen LogP contribution is 2.39. The average Bonchev–Trinajstić information content (AvgIpc) is 3.89. The molecule has 11 aromatic rings. The van der Waals surface area contributed by atoms with E-state index in [1.54, 1.807) is 0 Å². The third kappa shape index (κ3) is 4.45. The smallest absolute Gasteiger partial charge is 0.0998 e. The molecule has 0 spiro atoms. The summed E-state index contributed by atoms with van der Waals surface area (Å²) in [5, 5.41) is 27.4. The van der Waals surface area contributed by atoms with Crippen molar-refractivity contribution in [2.24, 2.45) is 0 Å². The molecule has 3 aromatic heterocycles. The van der Waals surface area contributed by atoms with Crippen LogP contribution in [0.25, 0.3) is 93.6 Å². The fourth-order valence-electron chi connectivity index (χ4n) is 8.80. The van der Waals surface area contributed by atoms with Gasteiger partial charge in [0.1, 0.15) is 0 Å². The number of benzene rings is 8. The summed E-state index contributed by atoms with van der Waals surface area (Å²) in [6, 6.07) is 65.9. The van der Waals surface area contributed by atoms with Gasteiger partial charge in [0, 0.05) is 49.4 Å². The molecule has 0 bridgehead atoms. The maximum Gasteiger partial charge on any atom is 0.0998 e. The van der Waals surface area contributed by atoms with Gasteiger partial charge in [-0.1, -0.05) is 103 Å². The predicted octanol–water partition coefficient (Wildman–Crippen LogP) is 12.4. The number of rotatable bonds is 4. The van der Waals surface area contributed by atoms with Crippen LogP contribution < -0.4 is 0 Å². The van der Waals surface area contributed by atoms with Crippen molar-refractivity contribution in [3.05, 3.63) is 187 Å². The minimum absolute atomic E-state index is 0.591. The van der Waals surface area contributed by atoms with E-state index in [-0.39, 0.29) is 0 Å². The van der Waals surface area contributed by atoms with Crippen molar-refractivity contribution >= 4 is 65.4 Å². The Labute approximate surface area is 316 Å². The molecule has 0 unspecified atom stereocenters. The van der Waals surface area contributed by atoms with Crippen LogP contribution in [0.15, 0.2) is 176 Å². The van der Waals surface area contributed by atoms with Gasteiger partial charge in [0.2, 0.25) is 0 Å². The van der Waals surface area contributed by atoms with Crippen LogP contribution in [0.3, 0.4) is 0 Å². The Bertz CT molecular complexity index is 3420. The highest BCUT2D eigenvalue weighted by Gasteiger charge is 2.19. The van der Waals surface area contributed by atoms with Crippen molar-refractivity contribution in [3.8, 4) is 40.3 Å². The van der Waals surface area contributed by atoms with Crippen LogP contribution in [0.5, 0.6) is 0 Å². The molecule has 0 aliphatic carbocycles. The van der Waals surface area contributed by atoms with Crippen LogP contribution in [-0.2, 0) is 0 Å². The zero-order valence-corrected chi connectivity index (χ0v) is 29.5. The third-order valence-electron chi connectivity index (χ3n) is 11.1. The molecular weight excluding hydrogens is 671 g/mol. The first kappa shape index (κ1) is 30.7. The maximum absolute atomic E-state index is 10.7. The molecule has 0 amide bonds. The quantitative estimate of drug-likeness (QED) is 0.184. The summed E-state index contributed by atoms with van der Waals surface area (Å²) in [4.78, 5) is 0. The summed E-state index contributed by atoms with van der Waals surface area (Å²) in [5.74, 6) is 0. The van der Waals surface area contributed by atoms with Gasteiger partial charge >= 0.3 is 0 Å². The van der Waals surface area contributed by atoms with E-state index in [4.69, 9.17) is 0 Å². The molecule has 5 heteroatoms. The standard InChI is InChI=1S/C50H29N5/c51-30-33-12-10-22-48-50(33)43-17-4-8-21-47(43)54(48)35-13-9-11-32(27-35)38-25-23-36(28-34(38)31-52)55-46-20-7-3-16-41(46)42-26-24-37(29-49(42)55)53-44-18-5-1-14-39(44)40-15-2-6-19-45(40)53/h1-29H. The molecule has 0 aliphatic heterocycles. The van der Waals surface area contributed by atoms with Crippen molar-refractivity contribution in [2.45, 2.75) is 0 Å². The molecule has 5 nitrogen and oxygen atoms in total. The Balaban J connectivity index is 1.09. The van der Waals surface area contributed by atoms with Gasteiger partial charge in [-0.2, -0.15) is 10.5 Å². The number of aromatic nitrogens is 3. The second-order valence-electron chi connectivity index (χ2n) is 14.0. The predicted molar refractivity (Wildman–Crippen MR) is 224 cm³/mol. The van der Waals surface area contributed by atoms with E-state index in [1.807, 2.05) is 36.4 Å². The van der Waals surface area contributed by atoms with Crippen LogP contribution in [-0.4, -0.2) is 13.7 Å². The zero-order chi connectivity index (χ0) is 36.6. The van der Waals surface area contributed by atoms with Gasteiger partial charge in [0.15, 0.2) is 0 Å². The zero-order valence-electron chi connectivity index (χ0n) is 29.5. The van der Waals surface area contributed by atoms with Gasteiger partial charge in [-0.15, -0.1) is 0 Å². The van der Waals surface area contributed by atoms with E-state index in [9.17, 15) is 10.5 Å². The van der Waals surface area contributed by atoms with E-state index < -0.39 is 0 Å². The summed E-state index contributed by atoms with van der Waals surface area (Å²) in [7, 11) is 0. The van der Waals surface area contributed by atoms with Crippen molar-refractivity contribution in [1.29, 1.82) is 10.5 Å². The number of nitrogens with zero attached hydrogens (tertiary/aromatic N) is 5. The van der Waals surface area contributed by atoms with Gasteiger partial charge in [-0.25, -0.2) is 0 Å². The summed E-state index contributed by atoms with van der Waals surface area (Å²) in [5.41, 5.74) is 12.5. The van der Waals surface area contributed by atoms with Gasteiger partial charge < -0.3 is 13.7 Å². The first-order valence-electron chi connectivity index (χ1n) is 18.3. The van der Waals surface area contributed by atoms with E-state index in [1.165, 1.54) is 10.8 Å². The van der Waals surface area contributed by atoms with Crippen molar-refractivity contribution in [2.75, 3.05) is 0 Å². The molecule has 0 radical (unpaired) electrons. The number of fused-ring (bicyclic) bond motifs is 9. The normalized spacial score (nSPS) is 11.6. The Hall–Kier alpha value is -7.86.